The van der Waals surface area contributed by atoms with Crippen LogP contribution in [0.15, 0.2) is 18.2 Å². The van der Waals surface area contributed by atoms with Crippen molar-refractivity contribution in [2.75, 3.05) is 39.4 Å². The number of piperazine rings is 1. The molecule has 27 heavy (non-hydrogen) atoms. The van der Waals surface area contributed by atoms with Crippen molar-refractivity contribution < 1.29 is 14.3 Å². The summed E-state index contributed by atoms with van der Waals surface area (Å²) in [5.41, 5.74) is 0.154. The fourth-order valence-corrected chi connectivity index (χ4v) is 4.81. The highest BCUT2D eigenvalue weighted by molar-refractivity contribution is 6.35. The Balaban J connectivity index is 1.54. The first-order valence-electron chi connectivity index (χ1n) is 9.63. The van der Waals surface area contributed by atoms with E-state index in [1.807, 2.05) is 15.9 Å². The van der Waals surface area contributed by atoms with Crippen LogP contribution >= 0.6 is 23.2 Å². The standard InChI is InChI=1S/C20H24Cl2N2O3/c21-15-3-4-16(17(22)13-15)20(5-11-27-12-6-20)19(26)24-9-7-23(8-10-24)18(25)14-1-2-14/h3-4,13-14H,1-2,5-12H2. The third kappa shape index (κ3) is 3.69. The van der Waals surface area contributed by atoms with Crippen molar-refractivity contribution >= 4 is 35.0 Å². The van der Waals surface area contributed by atoms with Gasteiger partial charge in [0.1, 0.15) is 0 Å². The smallest absolute Gasteiger partial charge is 0.233 e. The lowest BCUT2D eigenvalue weighted by atomic mass is 9.72. The Morgan fingerprint density at radius 1 is 1.00 bits per heavy atom. The Labute approximate surface area is 169 Å². The van der Waals surface area contributed by atoms with Gasteiger partial charge in [-0.3, -0.25) is 9.59 Å². The summed E-state index contributed by atoms with van der Waals surface area (Å²) in [6.07, 6.45) is 3.23. The summed E-state index contributed by atoms with van der Waals surface area (Å²) in [7, 11) is 0. The van der Waals surface area contributed by atoms with Crippen LogP contribution in [-0.4, -0.2) is 61.0 Å². The van der Waals surface area contributed by atoms with Crippen molar-refractivity contribution in [2.45, 2.75) is 31.1 Å². The van der Waals surface area contributed by atoms with E-state index < -0.39 is 5.41 Å². The largest absolute Gasteiger partial charge is 0.381 e. The van der Waals surface area contributed by atoms with Crippen LogP contribution in [0.4, 0.5) is 0 Å². The van der Waals surface area contributed by atoms with Crippen molar-refractivity contribution in [1.82, 2.24) is 9.80 Å². The number of amides is 2. The van der Waals surface area contributed by atoms with E-state index in [1.165, 1.54) is 0 Å². The minimum atomic E-state index is -0.678. The number of hydrogen-bond acceptors (Lipinski definition) is 3. The molecule has 2 heterocycles. The van der Waals surface area contributed by atoms with Crippen molar-refractivity contribution in [3.05, 3.63) is 33.8 Å². The van der Waals surface area contributed by atoms with Gasteiger partial charge >= 0.3 is 0 Å². The molecule has 2 amide bonds. The molecule has 0 N–H and O–H groups in total. The van der Waals surface area contributed by atoms with Crippen molar-refractivity contribution in [3.63, 3.8) is 0 Å². The van der Waals surface area contributed by atoms with Gasteiger partial charge in [-0.15, -0.1) is 0 Å². The first-order chi connectivity index (χ1) is 13.0. The molecule has 146 valence electrons. The lowest BCUT2D eigenvalue weighted by Gasteiger charge is -2.43. The molecule has 1 aliphatic carbocycles. The Morgan fingerprint density at radius 2 is 1.63 bits per heavy atom. The predicted octanol–water partition coefficient (Wildman–Crippen LogP) is 3.12. The third-order valence-electron chi connectivity index (χ3n) is 6.01. The number of hydrogen-bond donors (Lipinski definition) is 0. The lowest BCUT2D eigenvalue weighted by molar-refractivity contribution is -0.146. The molecular formula is C20H24Cl2N2O3. The second kappa shape index (κ2) is 7.61. The van der Waals surface area contributed by atoms with Gasteiger partial charge in [0.25, 0.3) is 0 Å². The average Bonchev–Trinajstić information content (AvgIpc) is 3.53. The molecule has 3 fully saturated rings. The van der Waals surface area contributed by atoms with Crippen LogP contribution in [0.1, 0.15) is 31.2 Å². The number of carbonyl (C=O) groups is 2. The third-order valence-corrected chi connectivity index (χ3v) is 6.56. The minimum absolute atomic E-state index is 0.0912. The van der Waals surface area contributed by atoms with Gasteiger partial charge in [0, 0.05) is 55.4 Å². The number of ether oxygens (including phenoxy) is 1. The Bertz CT molecular complexity index is 737. The molecule has 2 aliphatic heterocycles. The second-order valence-electron chi connectivity index (χ2n) is 7.71. The van der Waals surface area contributed by atoms with E-state index in [-0.39, 0.29) is 17.7 Å². The molecule has 1 saturated carbocycles. The van der Waals surface area contributed by atoms with Gasteiger partial charge in [-0.1, -0.05) is 29.3 Å². The Morgan fingerprint density at radius 3 is 2.22 bits per heavy atom. The summed E-state index contributed by atoms with van der Waals surface area (Å²) < 4.78 is 5.54. The number of carbonyl (C=O) groups excluding carboxylic acids is 2. The molecule has 2 saturated heterocycles. The lowest BCUT2D eigenvalue weighted by Crippen LogP contribution is -2.57. The fraction of sp³-hybridized carbons (Fsp3) is 0.600. The van der Waals surface area contributed by atoms with Crippen LogP contribution in [-0.2, 0) is 19.7 Å². The average molecular weight is 411 g/mol. The van der Waals surface area contributed by atoms with E-state index in [9.17, 15) is 9.59 Å². The molecular weight excluding hydrogens is 387 g/mol. The zero-order valence-corrected chi connectivity index (χ0v) is 16.8. The quantitative estimate of drug-likeness (QED) is 0.768. The maximum atomic E-state index is 13.6. The molecule has 4 rings (SSSR count). The summed E-state index contributed by atoms with van der Waals surface area (Å²) in [4.78, 5) is 29.7. The van der Waals surface area contributed by atoms with Crippen LogP contribution < -0.4 is 0 Å². The number of halogens is 2. The number of nitrogens with zero attached hydrogens (tertiary/aromatic N) is 2. The summed E-state index contributed by atoms with van der Waals surface area (Å²) in [5, 5.41) is 1.09. The van der Waals surface area contributed by atoms with Crippen molar-refractivity contribution in [1.29, 1.82) is 0 Å². The monoisotopic (exact) mass is 410 g/mol. The van der Waals surface area contributed by atoms with E-state index in [0.717, 1.165) is 18.4 Å². The van der Waals surface area contributed by atoms with Gasteiger partial charge in [-0.05, 0) is 43.4 Å². The summed E-state index contributed by atoms with van der Waals surface area (Å²) >= 11 is 12.6. The molecule has 5 nitrogen and oxygen atoms in total. The molecule has 0 spiro atoms. The SMILES string of the molecule is O=C(C1CC1)N1CCN(C(=O)C2(c3ccc(Cl)cc3Cl)CCOCC2)CC1. The molecule has 3 aliphatic rings. The topological polar surface area (TPSA) is 49.9 Å². The van der Waals surface area contributed by atoms with Crippen LogP contribution in [0.5, 0.6) is 0 Å². The molecule has 0 atom stereocenters. The highest BCUT2D eigenvalue weighted by atomic mass is 35.5. The highest BCUT2D eigenvalue weighted by Crippen LogP contribution is 2.41. The van der Waals surface area contributed by atoms with Gasteiger partial charge in [-0.25, -0.2) is 0 Å². The van der Waals surface area contributed by atoms with E-state index in [0.29, 0.717) is 62.3 Å². The van der Waals surface area contributed by atoms with Crippen LogP contribution in [0.3, 0.4) is 0 Å². The molecule has 0 radical (unpaired) electrons. The molecule has 0 unspecified atom stereocenters. The van der Waals surface area contributed by atoms with Crippen molar-refractivity contribution in [3.8, 4) is 0 Å². The fourth-order valence-electron chi connectivity index (χ4n) is 4.22. The second-order valence-corrected chi connectivity index (χ2v) is 8.55. The highest BCUT2D eigenvalue weighted by Gasteiger charge is 2.46. The van der Waals surface area contributed by atoms with E-state index >= 15 is 0 Å². The molecule has 0 aromatic heterocycles. The van der Waals surface area contributed by atoms with Crippen LogP contribution in [0.2, 0.25) is 10.0 Å². The maximum absolute atomic E-state index is 13.6. The Hall–Kier alpha value is -1.30. The van der Waals surface area contributed by atoms with Crippen LogP contribution in [0.25, 0.3) is 0 Å². The molecule has 0 bridgehead atoms. The predicted molar refractivity (Wildman–Crippen MR) is 104 cm³/mol. The van der Waals surface area contributed by atoms with Gasteiger partial charge in [0.2, 0.25) is 11.8 Å². The first-order valence-corrected chi connectivity index (χ1v) is 10.4. The number of benzene rings is 1. The maximum Gasteiger partial charge on any atom is 0.233 e. The van der Waals surface area contributed by atoms with Gasteiger partial charge in [-0.2, -0.15) is 0 Å². The summed E-state index contributed by atoms with van der Waals surface area (Å²) in [6.45, 7) is 3.44. The number of rotatable bonds is 3. The molecule has 1 aromatic rings. The Kier molecular flexibility index (Phi) is 5.36. The van der Waals surface area contributed by atoms with Crippen molar-refractivity contribution in [2.24, 2.45) is 5.92 Å². The summed E-state index contributed by atoms with van der Waals surface area (Å²) in [6, 6.07) is 5.37. The zero-order chi connectivity index (χ0) is 19.0. The van der Waals surface area contributed by atoms with Crippen LogP contribution in [0, 0.1) is 5.92 Å². The van der Waals surface area contributed by atoms with E-state index in [1.54, 1.807) is 12.1 Å². The first kappa shape index (κ1) is 19.0. The van der Waals surface area contributed by atoms with E-state index in [2.05, 4.69) is 0 Å². The molecule has 1 aromatic carbocycles. The van der Waals surface area contributed by atoms with E-state index in [4.69, 9.17) is 27.9 Å². The van der Waals surface area contributed by atoms with Gasteiger partial charge in [0.05, 0.1) is 5.41 Å². The normalized spacial score (nSPS) is 22.6. The van der Waals surface area contributed by atoms with Gasteiger partial charge in [0.15, 0.2) is 0 Å². The molecule has 7 heteroatoms. The van der Waals surface area contributed by atoms with Gasteiger partial charge < -0.3 is 14.5 Å². The minimum Gasteiger partial charge on any atom is -0.381 e. The summed E-state index contributed by atoms with van der Waals surface area (Å²) in [5.74, 6) is 0.569. The zero-order valence-electron chi connectivity index (χ0n) is 15.3.